The first-order valence-corrected chi connectivity index (χ1v) is 10.6. The largest absolute Gasteiger partial charge is 0.352 e. The van der Waals surface area contributed by atoms with Crippen molar-refractivity contribution >= 4 is 56.6 Å². The van der Waals surface area contributed by atoms with Gasteiger partial charge < -0.3 is 10.6 Å². The van der Waals surface area contributed by atoms with Crippen molar-refractivity contribution < 1.29 is 9.59 Å². The topological polar surface area (TPSA) is 88.9 Å². The number of hydrogen-bond donors (Lipinski definition) is 2. The van der Waals surface area contributed by atoms with Crippen LogP contribution in [0.1, 0.15) is 39.8 Å². The van der Waals surface area contributed by atoms with E-state index in [1.807, 2.05) is 6.92 Å². The molecule has 0 bridgehead atoms. The van der Waals surface area contributed by atoms with Crippen molar-refractivity contribution in [3.05, 3.63) is 68.0 Å². The van der Waals surface area contributed by atoms with Gasteiger partial charge in [0.05, 0.1) is 16.3 Å². The molecule has 0 atom stereocenters. The molecule has 0 unspecified atom stereocenters. The van der Waals surface area contributed by atoms with Gasteiger partial charge in [-0.05, 0) is 59.1 Å². The molecule has 1 aromatic carbocycles. The summed E-state index contributed by atoms with van der Waals surface area (Å²) in [5, 5.41) is 10.6. The summed E-state index contributed by atoms with van der Waals surface area (Å²) in [6, 6.07) is 8.08. The van der Waals surface area contributed by atoms with Gasteiger partial charge in [-0.1, -0.05) is 30.1 Å². The number of carbonyl (C=O) groups excluding carboxylic acids is 2. The van der Waals surface area contributed by atoms with Crippen LogP contribution in [0.3, 0.4) is 0 Å². The summed E-state index contributed by atoms with van der Waals surface area (Å²) in [5.41, 5.74) is 1.49. The van der Waals surface area contributed by atoms with Crippen LogP contribution in [0.25, 0.3) is 5.82 Å². The normalized spacial score (nSPS) is 10.7. The third kappa shape index (κ3) is 4.83. The molecule has 30 heavy (non-hydrogen) atoms. The standard InChI is InChI=1S/C20H18BrCl2N5O2/c1-3-6-25-19(29)13-9-12(22)8-11(2)17(13)26-20(30)15-10-16(21)27-28(15)18-14(23)5-4-7-24-18/h4-5,7-10H,3,6H2,1-2H3,(H,25,29)(H,26,30). The number of nitrogens with zero attached hydrogens (tertiary/aromatic N) is 3. The van der Waals surface area contributed by atoms with Crippen molar-refractivity contribution in [3.63, 3.8) is 0 Å². The van der Waals surface area contributed by atoms with Crippen LogP contribution in [0.2, 0.25) is 10.0 Å². The van der Waals surface area contributed by atoms with Gasteiger partial charge in [0.25, 0.3) is 11.8 Å². The summed E-state index contributed by atoms with van der Waals surface area (Å²) >= 11 is 15.7. The highest BCUT2D eigenvalue weighted by Gasteiger charge is 2.22. The number of pyridine rings is 1. The summed E-state index contributed by atoms with van der Waals surface area (Å²) in [6.07, 6.45) is 2.34. The number of amides is 2. The number of nitrogens with one attached hydrogen (secondary N) is 2. The molecular weight excluding hydrogens is 493 g/mol. The number of hydrogen-bond acceptors (Lipinski definition) is 4. The molecule has 2 amide bonds. The molecule has 0 saturated carbocycles. The lowest BCUT2D eigenvalue weighted by atomic mass is 10.1. The van der Waals surface area contributed by atoms with Crippen molar-refractivity contribution in [1.82, 2.24) is 20.1 Å². The molecule has 3 rings (SSSR count). The van der Waals surface area contributed by atoms with Gasteiger partial charge in [-0.25, -0.2) is 9.67 Å². The number of anilines is 1. The van der Waals surface area contributed by atoms with Crippen LogP contribution in [0, 0.1) is 6.92 Å². The van der Waals surface area contributed by atoms with Crippen LogP contribution >= 0.6 is 39.1 Å². The smallest absolute Gasteiger partial charge is 0.274 e. The maximum Gasteiger partial charge on any atom is 0.274 e. The summed E-state index contributed by atoms with van der Waals surface area (Å²) in [5.74, 6) is -0.492. The predicted octanol–water partition coefficient (Wildman–Crippen LogP) is 5.04. The Kier molecular flexibility index (Phi) is 7.12. The van der Waals surface area contributed by atoms with E-state index < -0.39 is 5.91 Å². The molecule has 0 aliphatic carbocycles. The molecule has 7 nitrogen and oxygen atoms in total. The Balaban J connectivity index is 2.00. The van der Waals surface area contributed by atoms with Gasteiger partial charge in [0.1, 0.15) is 10.3 Å². The molecule has 2 heterocycles. The van der Waals surface area contributed by atoms with Crippen LogP contribution in [-0.4, -0.2) is 33.1 Å². The zero-order valence-corrected chi connectivity index (χ0v) is 19.3. The highest BCUT2D eigenvalue weighted by atomic mass is 79.9. The van der Waals surface area contributed by atoms with E-state index >= 15 is 0 Å². The van der Waals surface area contributed by atoms with E-state index in [1.54, 1.807) is 37.4 Å². The lowest BCUT2D eigenvalue weighted by Gasteiger charge is -2.15. The van der Waals surface area contributed by atoms with Crippen LogP contribution in [0.5, 0.6) is 0 Å². The second-order valence-electron chi connectivity index (χ2n) is 6.43. The van der Waals surface area contributed by atoms with E-state index in [2.05, 4.69) is 36.6 Å². The molecule has 0 spiro atoms. The van der Waals surface area contributed by atoms with Crippen LogP contribution < -0.4 is 10.6 Å². The zero-order chi connectivity index (χ0) is 21.8. The number of halogens is 3. The Morgan fingerprint density at radius 1 is 1.20 bits per heavy atom. The predicted molar refractivity (Wildman–Crippen MR) is 121 cm³/mol. The van der Waals surface area contributed by atoms with Gasteiger partial charge in [0.2, 0.25) is 0 Å². The molecule has 0 aliphatic heterocycles. The highest BCUT2D eigenvalue weighted by molar-refractivity contribution is 9.10. The summed E-state index contributed by atoms with van der Waals surface area (Å²) in [4.78, 5) is 29.9. The first kappa shape index (κ1) is 22.3. The molecular formula is C20H18BrCl2N5O2. The quantitative estimate of drug-likeness (QED) is 0.486. The fraction of sp³-hybridized carbons (Fsp3) is 0.200. The second kappa shape index (κ2) is 9.59. The van der Waals surface area contributed by atoms with Gasteiger partial charge in [-0.3, -0.25) is 9.59 Å². The van der Waals surface area contributed by atoms with Crippen molar-refractivity contribution in [2.24, 2.45) is 0 Å². The number of rotatable bonds is 6. The number of aryl methyl sites for hydroxylation is 1. The van der Waals surface area contributed by atoms with Crippen LogP contribution in [-0.2, 0) is 0 Å². The molecule has 10 heteroatoms. The average Bonchev–Trinajstić information content (AvgIpc) is 3.09. The van der Waals surface area contributed by atoms with E-state index in [9.17, 15) is 9.59 Å². The Labute approximate surface area is 191 Å². The van der Waals surface area contributed by atoms with Gasteiger partial charge in [-0.2, -0.15) is 5.10 Å². The Morgan fingerprint density at radius 3 is 2.67 bits per heavy atom. The highest BCUT2D eigenvalue weighted by Crippen LogP contribution is 2.27. The molecule has 0 fully saturated rings. The van der Waals surface area contributed by atoms with E-state index in [-0.39, 0.29) is 17.2 Å². The Morgan fingerprint density at radius 2 is 1.97 bits per heavy atom. The summed E-state index contributed by atoms with van der Waals surface area (Å²) < 4.78 is 1.77. The number of aromatic nitrogens is 3. The van der Waals surface area contributed by atoms with Gasteiger partial charge in [0, 0.05) is 23.8 Å². The molecule has 156 valence electrons. The minimum absolute atomic E-state index is 0.191. The lowest BCUT2D eigenvalue weighted by molar-refractivity contribution is 0.0954. The van der Waals surface area contributed by atoms with Crippen LogP contribution in [0.15, 0.2) is 41.1 Å². The number of carbonyl (C=O) groups is 2. The molecule has 3 aromatic rings. The van der Waals surface area contributed by atoms with Gasteiger partial charge in [0.15, 0.2) is 5.82 Å². The fourth-order valence-corrected chi connectivity index (χ4v) is 3.66. The first-order valence-electron chi connectivity index (χ1n) is 9.08. The third-order valence-corrected chi connectivity index (χ3v) is 5.07. The maximum atomic E-state index is 13.1. The molecule has 0 radical (unpaired) electrons. The molecule has 0 saturated heterocycles. The van der Waals surface area contributed by atoms with E-state index in [0.29, 0.717) is 38.3 Å². The minimum atomic E-state index is -0.482. The van der Waals surface area contributed by atoms with Crippen molar-refractivity contribution in [1.29, 1.82) is 0 Å². The van der Waals surface area contributed by atoms with E-state index in [0.717, 1.165) is 6.42 Å². The third-order valence-electron chi connectivity index (χ3n) is 4.17. The maximum absolute atomic E-state index is 13.1. The van der Waals surface area contributed by atoms with E-state index in [4.69, 9.17) is 23.2 Å². The van der Waals surface area contributed by atoms with Crippen molar-refractivity contribution in [2.75, 3.05) is 11.9 Å². The molecule has 0 aliphatic rings. The average molecular weight is 511 g/mol. The van der Waals surface area contributed by atoms with E-state index in [1.165, 1.54) is 10.7 Å². The fourth-order valence-electron chi connectivity index (χ4n) is 2.81. The second-order valence-corrected chi connectivity index (χ2v) is 8.08. The zero-order valence-electron chi connectivity index (χ0n) is 16.2. The van der Waals surface area contributed by atoms with Gasteiger partial charge >= 0.3 is 0 Å². The first-order chi connectivity index (χ1) is 14.3. The van der Waals surface area contributed by atoms with Crippen LogP contribution in [0.4, 0.5) is 5.69 Å². The number of benzene rings is 1. The SMILES string of the molecule is CCCNC(=O)c1cc(Cl)cc(C)c1NC(=O)c1cc(Br)nn1-c1ncccc1Cl. The van der Waals surface area contributed by atoms with Gasteiger partial charge in [-0.15, -0.1) is 0 Å². The van der Waals surface area contributed by atoms with Crippen molar-refractivity contribution in [3.8, 4) is 5.82 Å². The molecule has 2 aromatic heterocycles. The summed E-state index contributed by atoms with van der Waals surface area (Å²) in [7, 11) is 0. The monoisotopic (exact) mass is 509 g/mol. The summed E-state index contributed by atoms with van der Waals surface area (Å²) in [6.45, 7) is 4.23. The molecule has 2 N–H and O–H groups in total. The minimum Gasteiger partial charge on any atom is -0.352 e. The Bertz CT molecular complexity index is 1120. The lowest BCUT2D eigenvalue weighted by Crippen LogP contribution is -2.26. The Hall–Kier alpha value is -2.42. The van der Waals surface area contributed by atoms with Crippen molar-refractivity contribution in [2.45, 2.75) is 20.3 Å².